The average Bonchev–Trinajstić information content (AvgIpc) is 2.30. The standard InChI is InChI=1S/C11H16O.C2H6/c1-4-9(2)10-6-5-7-11(8-10)12-3;1-2/h5-9H,4H2,1-3H3;1-2H3. The second kappa shape index (κ2) is 7.43. The Labute approximate surface area is 88.1 Å². The van der Waals surface area contributed by atoms with Gasteiger partial charge in [0.1, 0.15) is 5.75 Å². The van der Waals surface area contributed by atoms with Gasteiger partial charge in [-0.3, -0.25) is 0 Å². The minimum Gasteiger partial charge on any atom is -0.497 e. The van der Waals surface area contributed by atoms with E-state index in [9.17, 15) is 0 Å². The lowest BCUT2D eigenvalue weighted by molar-refractivity contribution is 0.414. The quantitative estimate of drug-likeness (QED) is 0.699. The molecule has 1 nitrogen and oxygen atoms in total. The molecular weight excluding hydrogens is 172 g/mol. The molecule has 0 saturated heterocycles. The van der Waals surface area contributed by atoms with Crippen molar-refractivity contribution in [2.24, 2.45) is 0 Å². The van der Waals surface area contributed by atoms with Gasteiger partial charge in [0.15, 0.2) is 0 Å². The van der Waals surface area contributed by atoms with Crippen LogP contribution in [-0.4, -0.2) is 7.11 Å². The van der Waals surface area contributed by atoms with Gasteiger partial charge >= 0.3 is 0 Å². The number of hydrogen-bond donors (Lipinski definition) is 0. The number of ether oxygens (including phenoxy) is 1. The van der Waals surface area contributed by atoms with Crippen molar-refractivity contribution in [3.8, 4) is 5.75 Å². The predicted octanol–water partition coefficient (Wildman–Crippen LogP) is 4.23. The Morgan fingerprint density at radius 1 is 1.29 bits per heavy atom. The molecular formula is C13H22O. The summed E-state index contributed by atoms with van der Waals surface area (Å²) in [5, 5.41) is 0. The molecule has 1 rings (SSSR count). The summed E-state index contributed by atoms with van der Waals surface area (Å²) in [7, 11) is 1.70. The van der Waals surface area contributed by atoms with Crippen LogP contribution < -0.4 is 4.74 Å². The molecule has 1 unspecified atom stereocenters. The Hall–Kier alpha value is -0.980. The lowest BCUT2D eigenvalue weighted by Crippen LogP contribution is -1.91. The van der Waals surface area contributed by atoms with E-state index < -0.39 is 0 Å². The SMILES string of the molecule is CC.CCC(C)c1cccc(OC)c1. The molecule has 0 radical (unpaired) electrons. The van der Waals surface area contributed by atoms with Gasteiger partial charge in [-0.15, -0.1) is 0 Å². The predicted molar refractivity (Wildman–Crippen MR) is 63.0 cm³/mol. The van der Waals surface area contributed by atoms with Crippen LogP contribution in [0.25, 0.3) is 0 Å². The smallest absolute Gasteiger partial charge is 0.119 e. The number of benzene rings is 1. The van der Waals surface area contributed by atoms with Crippen molar-refractivity contribution in [3.05, 3.63) is 29.8 Å². The normalized spacial score (nSPS) is 11.2. The Morgan fingerprint density at radius 2 is 1.93 bits per heavy atom. The fourth-order valence-corrected chi connectivity index (χ4v) is 1.18. The molecule has 0 aromatic heterocycles. The topological polar surface area (TPSA) is 9.23 Å². The molecule has 0 fully saturated rings. The first-order chi connectivity index (χ1) is 6.77. The van der Waals surface area contributed by atoms with Gasteiger partial charge in [-0.05, 0) is 30.0 Å². The highest BCUT2D eigenvalue weighted by molar-refractivity contribution is 5.30. The van der Waals surface area contributed by atoms with Crippen LogP contribution in [0, 0.1) is 0 Å². The summed E-state index contributed by atoms with van der Waals surface area (Å²) >= 11 is 0. The van der Waals surface area contributed by atoms with E-state index in [0.29, 0.717) is 5.92 Å². The fraction of sp³-hybridized carbons (Fsp3) is 0.538. The van der Waals surface area contributed by atoms with Crippen molar-refractivity contribution in [1.29, 1.82) is 0 Å². The van der Waals surface area contributed by atoms with Gasteiger partial charge in [0.05, 0.1) is 7.11 Å². The van der Waals surface area contributed by atoms with Gasteiger partial charge in [0, 0.05) is 0 Å². The maximum atomic E-state index is 5.15. The third-order valence-electron chi connectivity index (χ3n) is 2.28. The molecule has 0 amide bonds. The van der Waals surface area contributed by atoms with Crippen LogP contribution in [0.2, 0.25) is 0 Å². The fourth-order valence-electron chi connectivity index (χ4n) is 1.18. The summed E-state index contributed by atoms with van der Waals surface area (Å²) in [6, 6.07) is 8.27. The van der Waals surface area contributed by atoms with Gasteiger partial charge in [0.2, 0.25) is 0 Å². The third-order valence-corrected chi connectivity index (χ3v) is 2.28. The summed E-state index contributed by atoms with van der Waals surface area (Å²) in [6.45, 7) is 8.43. The summed E-state index contributed by atoms with van der Waals surface area (Å²) in [5.41, 5.74) is 1.36. The van der Waals surface area contributed by atoms with E-state index in [-0.39, 0.29) is 0 Å². The number of rotatable bonds is 3. The maximum Gasteiger partial charge on any atom is 0.119 e. The molecule has 0 aliphatic rings. The number of hydrogen-bond acceptors (Lipinski definition) is 1. The maximum absolute atomic E-state index is 5.15. The van der Waals surface area contributed by atoms with E-state index in [2.05, 4.69) is 26.0 Å². The lowest BCUT2D eigenvalue weighted by Gasteiger charge is -2.09. The van der Waals surface area contributed by atoms with E-state index in [4.69, 9.17) is 4.74 Å². The number of methoxy groups -OCH3 is 1. The Kier molecular flexibility index (Phi) is 6.91. The molecule has 0 aliphatic heterocycles. The Morgan fingerprint density at radius 3 is 2.43 bits per heavy atom. The van der Waals surface area contributed by atoms with Gasteiger partial charge in [-0.25, -0.2) is 0 Å². The molecule has 80 valence electrons. The van der Waals surface area contributed by atoms with Crippen LogP contribution in [0.4, 0.5) is 0 Å². The summed E-state index contributed by atoms with van der Waals surface area (Å²) in [5.74, 6) is 1.58. The first-order valence-corrected chi connectivity index (χ1v) is 5.42. The van der Waals surface area contributed by atoms with Crippen LogP contribution in [0.5, 0.6) is 5.75 Å². The van der Waals surface area contributed by atoms with Crippen molar-refractivity contribution in [2.75, 3.05) is 7.11 Å². The molecule has 0 heterocycles. The Balaban J connectivity index is 0.000000791. The van der Waals surface area contributed by atoms with E-state index >= 15 is 0 Å². The van der Waals surface area contributed by atoms with Gasteiger partial charge < -0.3 is 4.74 Å². The van der Waals surface area contributed by atoms with Crippen molar-refractivity contribution >= 4 is 0 Å². The highest BCUT2D eigenvalue weighted by Gasteiger charge is 2.02. The van der Waals surface area contributed by atoms with Crippen LogP contribution >= 0.6 is 0 Å². The van der Waals surface area contributed by atoms with E-state index in [1.165, 1.54) is 12.0 Å². The zero-order valence-electron chi connectivity index (χ0n) is 10.0. The summed E-state index contributed by atoms with van der Waals surface area (Å²) in [6.07, 6.45) is 1.17. The molecule has 14 heavy (non-hydrogen) atoms. The van der Waals surface area contributed by atoms with Crippen LogP contribution in [-0.2, 0) is 0 Å². The van der Waals surface area contributed by atoms with Gasteiger partial charge in [0.25, 0.3) is 0 Å². The van der Waals surface area contributed by atoms with Crippen LogP contribution in [0.1, 0.15) is 45.6 Å². The van der Waals surface area contributed by atoms with Crippen molar-refractivity contribution in [3.63, 3.8) is 0 Å². The van der Waals surface area contributed by atoms with Gasteiger partial charge in [-0.2, -0.15) is 0 Å². The molecule has 0 spiro atoms. The largest absolute Gasteiger partial charge is 0.497 e. The van der Waals surface area contributed by atoms with Crippen molar-refractivity contribution in [1.82, 2.24) is 0 Å². The van der Waals surface area contributed by atoms with Gasteiger partial charge in [-0.1, -0.05) is 39.8 Å². The first-order valence-electron chi connectivity index (χ1n) is 5.42. The van der Waals surface area contributed by atoms with E-state index in [1.807, 2.05) is 26.0 Å². The third kappa shape index (κ3) is 3.82. The molecule has 1 atom stereocenters. The molecule has 0 N–H and O–H groups in total. The van der Waals surface area contributed by atoms with Crippen LogP contribution in [0.3, 0.4) is 0 Å². The molecule has 0 saturated carbocycles. The summed E-state index contributed by atoms with van der Waals surface area (Å²) < 4.78 is 5.15. The average molecular weight is 194 g/mol. The Bertz CT molecular complexity index is 243. The monoisotopic (exact) mass is 194 g/mol. The second-order valence-electron chi connectivity index (χ2n) is 3.09. The van der Waals surface area contributed by atoms with E-state index in [1.54, 1.807) is 7.11 Å². The van der Waals surface area contributed by atoms with Crippen LogP contribution in [0.15, 0.2) is 24.3 Å². The highest BCUT2D eigenvalue weighted by atomic mass is 16.5. The van der Waals surface area contributed by atoms with E-state index in [0.717, 1.165) is 5.75 Å². The molecule has 0 bridgehead atoms. The zero-order valence-corrected chi connectivity index (χ0v) is 10.0. The molecule has 1 aromatic carbocycles. The lowest BCUT2D eigenvalue weighted by atomic mass is 9.99. The summed E-state index contributed by atoms with van der Waals surface area (Å²) in [4.78, 5) is 0. The first kappa shape index (κ1) is 13.0. The molecule has 1 heteroatoms. The minimum atomic E-state index is 0.625. The minimum absolute atomic E-state index is 0.625. The highest BCUT2D eigenvalue weighted by Crippen LogP contribution is 2.22. The zero-order chi connectivity index (χ0) is 11.0. The molecule has 0 aliphatic carbocycles. The van der Waals surface area contributed by atoms with Crippen molar-refractivity contribution < 1.29 is 4.74 Å². The molecule has 1 aromatic rings. The second-order valence-corrected chi connectivity index (χ2v) is 3.09. The van der Waals surface area contributed by atoms with Crippen molar-refractivity contribution in [2.45, 2.75) is 40.0 Å².